The summed E-state index contributed by atoms with van der Waals surface area (Å²) in [6, 6.07) is 9.55. The van der Waals surface area contributed by atoms with Crippen LogP contribution in [0.2, 0.25) is 0 Å². The van der Waals surface area contributed by atoms with Crippen molar-refractivity contribution in [3.8, 4) is 0 Å². The normalized spacial score (nSPS) is 28.5. The summed E-state index contributed by atoms with van der Waals surface area (Å²) in [4.78, 5) is 0. The van der Waals surface area contributed by atoms with Crippen molar-refractivity contribution in [3.05, 3.63) is 49.9 Å². The first kappa shape index (κ1) is 32.5. The maximum Gasteiger partial charge on any atom is 3.00 e. The molecule has 0 N–H and O–H groups in total. The van der Waals surface area contributed by atoms with E-state index in [0.717, 1.165) is 22.6 Å². The number of hydrogen-bond acceptors (Lipinski definition) is 0. The summed E-state index contributed by atoms with van der Waals surface area (Å²) in [6.45, 7) is 10.0. The molecule has 192 valence electrons. The summed E-state index contributed by atoms with van der Waals surface area (Å²) in [7, 11) is -5.84. The van der Waals surface area contributed by atoms with Gasteiger partial charge in [-0.15, -0.1) is 0 Å². The van der Waals surface area contributed by atoms with Gasteiger partial charge in [-0.1, -0.05) is 67.8 Å². The SMILES string of the molecule is C[C@@H]1CC[C@@H](C)P1c1ccccc1P1[C@H](C)CC[C@H]1C.F[B-](F)(F)F.[CH]1[CH]CC[CH][CH]CC1.[Rh+3]. The second-order valence-corrected chi connectivity index (χ2v) is 15.6. The van der Waals surface area contributed by atoms with Gasteiger partial charge in [0.15, 0.2) is 0 Å². The average Bonchev–Trinajstić information content (AvgIpc) is 3.21. The first-order valence-corrected chi connectivity index (χ1v) is 15.4. The second kappa shape index (κ2) is 16.4. The Kier molecular flexibility index (Phi) is 15.6. The zero-order chi connectivity index (χ0) is 24.4. The summed E-state index contributed by atoms with van der Waals surface area (Å²) >= 11 is 0. The van der Waals surface area contributed by atoms with Gasteiger partial charge in [-0.25, -0.2) is 0 Å². The Morgan fingerprint density at radius 2 is 0.824 bits per heavy atom. The van der Waals surface area contributed by atoms with Crippen LogP contribution in [0.15, 0.2) is 24.3 Å². The molecule has 2 aliphatic heterocycles. The molecule has 4 rings (SSSR count). The molecular weight excluding hydrogens is 564 g/mol. The van der Waals surface area contributed by atoms with Gasteiger partial charge in [-0.05, 0) is 110 Å². The van der Waals surface area contributed by atoms with Crippen LogP contribution in [0.4, 0.5) is 17.3 Å². The monoisotopic (exact) mass is 604 g/mol. The molecule has 0 amide bonds. The van der Waals surface area contributed by atoms with Crippen LogP contribution < -0.4 is 10.6 Å². The van der Waals surface area contributed by atoms with Gasteiger partial charge in [-0.3, -0.25) is 0 Å². The van der Waals surface area contributed by atoms with Gasteiger partial charge in [0.2, 0.25) is 0 Å². The molecule has 8 heteroatoms. The van der Waals surface area contributed by atoms with E-state index in [1.165, 1.54) is 51.4 Å². The predicted molar refractivity (Wildman–Crippen MR) is 142 cm³/mol. The van der Waals surface area contributed by atoms with Crippen molar-refractivity contribution >= 4 is 33.7 Å². The van der Waals surface area contributed by atoms with Crippen molar-refractivity contribution in [2.75, 3.05) is 0 Å². The molecule has 0 aromatic heterocycles. The number of rotatable bonds is 2. The van der Waals surface area contributed by atoms with Gasteiger partial charge < -0.3 is 17.3 Å². The minimum Gasteiger partial charge on any atom is -0.418 e. The summed E-state index contributed by atoms with van der Waals surface area (Å²) in [5.74, 6) is 0. The van der Waals surface area contributed by atoms with Gasteiger partial charge in [0.1, 0.15) is 0 Å². The summed E-state index contributed by atoms with van der Waals surface area (Å²) in [6.07, 6.45) is 19.8. The van der Waals surface area contributed by atoms with Crippen molar-refractivity contribution < 1.29 is 36.7 Å². The van der Waals surface area contributed by atoms with Crippen molar-refractivity contribution in [1.29, 1.82) is 0 Å². The maximum absolute atomic E-state index is 9.75. The first-order chi connectivity index (χ1) is 15.6. The Labute approximate surface area is 221 Å². The molecule has 0 nitrogen and oxygen atoms in total. The number of hydrogen-bond donors (Lipinski definition) is 0. The standard InChI is InChI=1S/C18H28P2.C8H12.BF4.Rh/c1-13-9-10-14(2)19(13)17-7-5-6-8-18(17)20-15(3)11-12-16(20)4;1-2-4-6-8-7-5-3-1;2-1(3,4)5;/h5-8,13-16H,9-12H2,1-4H3;1-2,7-8H,3-6H2;;/q;;-1;+3/t13-,14-,15-,16-;;;/m1.../s1. The van der Waals surface area contributed by atoms with E-state index in [4.69, 9.17) is 0 Å². The molecule has 0 spiro atoms. The average molecular weight is 604 g/mol. The molecule has 3 aliphatic rings. The van der Waals surface area contributed by atoms with Crippen molar-refractivity contribution in [3.63, 3.8) is 0 Å². The van der Waals surface area contributed by atoms with Crippen LogP contribution in [0, 0.1) is 25.7 Å². The van der Waals surface area contributed by atoms with E-state index in [1.807, 2.05) is 0 Å². The quantitative estimate of drug-likeness (QED) is 0.180. The van der Waals surface area contributed by atoms with Gasteiger partial charge in [0, 0.05) is 0 Å². The van der Waals surface area contributed by atoms with Crippen LogP contribution in [-0.2, 0) is 19.5 Å². The molecule has 2 heterocycles. The molecular formula is C26H40BF4P2Rh+2. The molecule has 4 atom stereocenters. The summed E-state index contributed by atoms with van der Waals surface area (Å²) < 4.78 is 39.0. The second-order valence-electron chi connectivity index (χ2n) is 9.45. The fourth-order valence-electron chi connectivity index (χ4n) is 5.10. The molecule has 1 aliphatic carbocycles. The number of benzene rings is 1. The van der Waals surface area contributed by atoms with Gasteiger partial charge >= 0.3 is 26.7 Å². The van der Waals surface area contributed by atoms with Crippen LogP contribution in [0.1, 0.15) is 79.1 Å². The third-order valence-electron chi connectivity index (χ3n) is 6.68. The minimum atomic E-state index is -6.00. The van der Waals surface area contributed by atoms with E-state index in [-0.39, 0.29) is 35.3 Å². The Bertz CT molecular complexity index is 598. The van der Waals surface area contributed by atoms with Crippen LogP contribution in [-0.4, -0.2) is 29.9 Å². The predicted octanol–water partition coefficient (Wildman–Crippen LogP) is 8.72. The Morgan fingerprint density at radius 1 is 0.588 bits per heavy atom. The van der Waals surface area contributed by atoms with E-state index < -0.39 is 7.25 Å². The van der Waals surface area contributed by atoms with Crippen molar-refractivity contribution in [2.45, 2.75) is 102 Å². The molecule has 0 unspecified atom stereocenters. The van der Waals surface area contributed by atoms with E-state index in [9.17, 15) is 17.3 Å². The molecule has 0 bridgehead atoms. The molecule has 3 fully saturated rings. The Hall–Kier alpha value is 0.488. The molecule has 34 heavy (non-hydrogen) atoms. The van der Waals surface area contributed by atoms with E-state index in [2.05, 4.69) is 77.6 Å². The van der Waals surface area contributed by atoms with E-state index in [0.29, 0.717) is 0 Å². The summed E-state index contributed by atoms with van der Waals surface area (Å²) in [5.41, 5.74) is 3.74. The van der Waals surface area contributed by atoms with Crippen molar-refractivity contribution in [1.82, 2.24) is 0 Å². The van der Waals surface area contributed by atoms with Crippen LogP contribution in [0.5, 0.6) is 0 Å². The molecule has 2 saturated heterocycles. The fourth-order valence-corrected chi connectivity index (χ4v) is 12.3. The molecule has 1 saturated carbocycles. The Balaban J connectivity index is 0.000000343. The topological polar surface area (TPSA) is 0 Å². The van der Waals surface area contributed by atoms with E-state index in [1.54, 1.807) is 10.6 Å². The minimum absolute atomic E-state index is 0. The zero-order valence-electron chi connectivity index (χ0n) is 20.9. The third kappa shape index (κ3) is 11.3. The van der Waals surface area contributed by atoms with Crippen molar-refractivity contribution in [2.24, 2.45) is 0 Å². The van der Waals surface area contributed by atoms with Gasteiger partial charge in [0.05, 0.1) is 0 Å². The molecule has 4 radical (unpaired) electrons. The first-order valence-electron chi connectivity index (χ1n) is 12.4. The zero-order valence-corrected chi connectivity index (χ0v) is 24.3. The maximum atomic E-state index is 9.75. The van der Waals surface area contributed by atoms with E-state index >= 15 is 0 Å². The van der Waals surface area contributed by atoms with Crippen LogP contribution in [0.3, 0.4) is 0 Å². The number of halogens is 4. The third-order valence-corrected chi connectivity index (χ3v) is 13.6. The van der Waals surface area contributed by atoms with Crippen LogP contribution in [0.25, 0.3) is 0 Å². The van der Waals surface area contributed by atoms with Gasteiger partial charge in [0.25, 0.3) is 0 Å². The molecule has 1 aromatic rings. The Morgan fingerprint density at radius 3 is 1.06 bits per heavy atom. The largest absolute Gasteiger partial charge is 3.00 e. The van der Waals surface area contributed by atoms with Gasteiger partial charge in [-0.2, -0.15) is 0 Å². The fraction of sp³-hybridized carbons (Fsp3) is 0.615. The smallest absolute Gasteiger partial charge is 0.418 e. The van der Waals surface area contributed by atoms with Crippen LogP contribution >= 0.6 is 15.8 Å². The summed E-state index contributed by atoms with van der Waals surface area (Å²) in [5, 5.41) is 3.57. The molecule has 1 aromatic carbocycles.